The molecule has 0 unspecified atom stereocenters. The minimum absolute atomic E-state index is 0.335. The van der Waals surface area contributed by atoms with Crippen LogP contribution in [-0.4, -0.2) is 38.4 Å². The molecule has 106 valence electrons. The number of hydrogen-bond donors (Lipinski definition) is 1. The Bertz CT molecular complexity index is 415. The maximum absolute atomic E-state index is 6.15. The summed E-state index contributed by atoms with van der Waals surface area (Å²) in [4.78, 5) is 1.54. The lowest BCUT2D eigenvalue weighted by atomic mass is 10.2. The summed E-state index contributed by atoms with van der Waals surface area (Å²) in [7, 11) is 0. The first-order valence-corrected chi connectivity index (χ1v) is 7.30. The summed E-state index contributed by atoms with van der Waals surface area (Å²) in [5.74, 6) is 0.779. The van der Waals surface area contributed by atoms with Crippen molar-refractivity contribution in [3.05, 3.63) is 28.8 Å². The molecule has 1 aromatic carbocycles. The maximum atomic E-state index is 6.15. The third-order valence-corrected chi connectivity index (χ3v) is 3.71. The van der Waals surface area contributed by atoms with E-state index in [9.17, 15) is 0 Å². The molecule has 1 aliphatic rings. The molecule has 4 heteroatoms. The van der Waals surface area contributed by atoms with Gasteiger partial charge in [0.25, 0.3) is 0 Å². The first kappa shape index (κ1) is 14.6. The van der Waals surface area contributed by atoms with Gasteiger partial charge in [-0.05, 0) is 38.5 Å². The van der Waals surface area contributed by atoms with E-state index in [0.29, 0.717) is 23.8 Å². The molecule has 1 heterocycles. The number of hydrogen-bond acceptors (Lipinski definition) is 2. The Balaban J connectivity index is 1.80. The van der Waals surface area contributed by atoms with Crippen molar-refractivity contribution in [2.45, 2.75) is 33.0 Å². The average molecular weight is 285 g/mol. The summed E-state index contributed by atoms with van der Waals surface area (Å²) in [6, 6.07) is 5.90. The van der Waals surface area contributed by atoms with Crippen molar-refractivity contribution < 1.29 is 14.4 Å². The van der Waals surface area contributed by atoms with Crippen molar-refractivity contribution in [1.82, 2.24) is 0 Å². The second-order valence-electron chi connectivity index (χ2n) is 5.45. The predicted molar refractivity (Wildman–Crippen MR) is 77.3 cm³/mol. The number of ether oxygens (including phenoxy) is 2. The van der Waals surface area contributed by atoms with Crippen LogP contribution < -0.4 is 9.64 Å². The highest BCUT2D eigenvalue weighted by atomic mass is 35.5. The summed E-state index contributed by atoms with van der Waals surface area (Å²) in [6.45, 7) is 10.1. The van der Waals surface area contributed by atoms with E-state index in [0.717, 1.165) is 30.9 Å². The average Bonchev–Trinajstić information content (AvgIpc) is 2.30. The molecule has 0 aromatic heterocycles. The van der Waals surface area contributed by atoms with Gasteiger partial charge in [0.1, 0.15) is 44.2 Å². The molecular weight excluding hydrogens is 262 g/mol. The summed E-state index contributed by atoms with van der Waals surface area (Å²) in [5, 5.41) is 0.693. The van der Waals surface area contributed by atoms with Gasteiger partial charge in [-0.1, -0.05) is 17.7 Å². The molecule has 0 aliphatic carbocycles. The van der Waals surface area contributed by atoms with Gasteiger partial charge in [0, 0.05) is 0 Å². The van der Waals surface area contributed by atoms with E-state index < -0.39 is 0 Å². The number of morpholine rings is 1. The van der Waals surface area contributed by atoms with Crippen LogP contribution in [0.25, 0.3) is 0 Å². The molecule has 0 radical (unpaired) electrons. The van der Waals surface area contributed by atoms with Gasteiger partial charge in [-0.25, -0.2) is 0 Å². The van der Waals surface area contributed by atoms with Crippen molar-refractivity contribution in [1.29, 1.82) is 0 Å². The second kappa shape index (κ2) is 6.60. The first-order valence-electron chi connectivity index (χ1n) is 6.92. The van der Waals surface area contributed by atoms with E-state index in [1.807, 2.05) is 25.1 Å². The Kier molecular flexibility index (Phi) is 5.08. The molecule has 0 saturated carbocycles. The topological polar surface area (TPSA) is 22.9 Å². The van der Waals surface area contributed by atoms with E-state index in [1.165, 1.54) is 4.90 Å². The van der Waals surface area contributed by atoms with E-state index in [-0.39, 0.29) is 0 Å². The van der Waals surface area contributed by atoms with Gasteiger partial charge in [0.2, 0.25) is 0 Å². The second-order valence-corrected chi connectivity index (χ2v) is 5.86. The molecular formula is C15H23ClNO2+. The fraction of sp³-hybridized carbons (Fsp3) is 0.600. The quantitative estimate of drug-likeness (QED) is 0.910. The number of quaternary nitrogens is 1. The monoisotopic (exact) mass is 284 g/mol. The van der Waals surface area contributed by atoms with Crippen molar-refractivity contribution in [3.8, 4) is 5.75 Å². The van der Waals surface area contributed by atoms with Crippen LogP contribution in [0.5, 0.6) is 5.75 Å². The van der Waals surface area contributed by atoms with Gasteiger partial charge in [-0.3, -0.25) is 0 Å². The minimum Gasteiger partial charge on any atom is -0.486 e. The van der Waals surface area contributed by atoms with Gasteiger partial charge >= 0.3 is 0 Å². The highest BCUT2D eigenvalue weighted by molar-refractivity contribution is 6.32. The lowest BCUT2D eigenvalue weighted by Crippen LogP contribution is -3.16. The zero-order valence-electron chi connectivity index (χ0n) is 11.9. The largest absolute Gasteiger partial charge is 0.486 e. The summed E-state index contributed by atoms with van der Waals surface area (Å²) in [6.07, 6.45) is 0.670. The summed E-state index contributed by atoms with van der Waals surface area (Å²) >= 11 is 6.15. The van der Waals surface area contributed by atoms with Crippen LogP contribution in [0.4, 0.5) is 0 Å². The van der Waals surface area contributed by atoms with Crippen LogP contribution in [0, 0.1) is 6.92 Å². The number of benzene rings is 1. The molecule has 2 rings (SSSR count). The van der Waals surface area contributed by atoms with E-state index in [2.05, 4.69) is 13.8 Å². The number of halogens is 1. The predicted octanol–water partition coefficient (Wildman–Crippen LogP) is 1.72. The Morgan fingerprint density at radius 3 is 2.63 bits per heavy atom. The highest BCUT2D eigenvalue weighted by Crippen LogP contribution is 2.24. The number of aryl methyl sites for hydroxylation is 1. The van der Waals surface area contributed by atoms with Crippen LogP contribution in [0.15, 0.2) is 18.2 Å². The van der Waals surface area contributed by atoms with Crippen molar-refractivity contribution in [2.75, 3.05) is 26.2 Å². The Morgan fingerprint density at radius 2 is 2.00 bits per heavy atom. The standard InChI is InChI=1S/C15H22ClNO2/c1-11-4-5-15(14(16)8-11)18-7-6-17-9-12(2)19-13(3)10-17/h4-5,8,12-13H,6-7,9-10H2,1-3H3/p+1/t12-,13-/m0/s1. The summed E-state index contributed by atoms with van der Waals surface area (Å²) in [5.41, 5.74) is 1.15. The lowest BCUT2D eigenvalue weighted by Gasteiger charge is -2.32. The van der Waals surface area contributed by atoms with Gasteiger partial charge in [-0.15, -0.1) is 0 Å². The van der Waals surface area contributed by atoms with Gasteiger partial charge < -0.3 is 14.4 Å². The number of nitrogens with one attached hydrogen (secondary N) is 1. The Morgan fingerprint density at radius 1 is 1.32 bits per heavy atom. The molecule has 0 amide bonds. The molecule has 3 nitrogen and oxygen atoms in total. The zero-order chi connectivity index (χ0) is 13.8. The SMILES string of the molecule is Cc1ccc(OCC[NH+]2C[C@H](C)O[C@@H](C)C2)c(Cl)c1. The maximum Gasteiger partial charge on any atom is 0.138 e. The van der Waals surface area contributed by atoms with E-state index in [4.69, 9.17) is 21.1 Å². The molecule has 19 heavy (non-hydrogen) atoms. The lowest BCUT2D eigenvalue weighted by molar-refractivity contribution is -0.915. The normalized spacial score (nSPS) is 27.3. The van der Waals surface area contributed by atoms with Crippen LogP contribution >= 0.6 is 11.6 Å². The summed E-state index contributed by atoms with van der Waals surface area (Å²) < 4.78 is 11.5. The Hall–Kier alpha value is -0.770. The van der Waals surface area contributed by atoms with Crippen molar-refractivity contribution in [3.63, 3.8) is 0 Å². The van der Waals surface area contributed by atoms with Crippen LogP contribution in [-0.2, 0) is 4.74 Å². The fourth-order valence-corrected chi connectivity index (χ4v) is 2.91. The molecule has 1 aromatic rings. The van der Waals surface area contributed by atoms with Crippen LogP contribution in [0.3, 0.4) is 0 Å². The van der Waals surface area contributed by atoms with Gasteiger partial charge in [0.05, 0.1) is 5.02 Å². The van der Waals surface area contributed by atoms with Gasteiger partial charge in [-0.2, -0.15) is 0 Å². The molecule has 0 spiro atoms. The van der Waals surface area contributed by atoms with Crippen LogP contribution in [0.1, 0.15) is 19.4 Å². The Labute approximate surface area is 120 Å². The zero-order valence-corrected chi connectivity index (χ0v) is 12.7. The van der Waals surface area contributed by atoms with Gasteiger partial charge in [0.15, 0.2) is 0 Å². The molecule has 1 saturated heterocycles. The molecule has 0 bridgehead atoms. The molecule has 1 fully saturated rings. The first-order chi connectivity index (χ1) is 9.04. The molecule has 1 N–H and O–H groups in total. The third kappa shape index (κ3) is 4.37. The fourth-order valence-electron chi connectivity index (χ4n) is 2.62. The smallest absolute Gasteiger partial charge is 0.138 e. The van der Waals surface area contributed by atoms with Crippen molar-refractivity contribution in [2.24, 2.45) is 0 Å². The molecule has 2 atom stereocenters. The third-order valence-electron chi connectivity index (χ3n) is 3.42. The molecule has 1 aliphatic heterocycles. The minimum atomic E-state index is 0.335. The highest BCUT2D eigenvalue weighted by Gasteiger charge is 2.25. The number of rotatable bonds is 4. The van der Waals surface area contributed by atoms with Crippen LogP contribution in [0.2, 0.25) is 5.02 Å². The van der Waals surface area contributed by atoms with Crippen molar-refractivity contribution >= 4 is 11.6 Å². The van der Waals surface area contributed by atoms with E-state index >= 15 is 0 Å². The van der Waals surface area contributed by atoms with E-state index in [1.54, 1.807) is 0 Å².